The van der Waals surface area contributed by atoms with Crippen LogP contribution in [-0.2, 0) is 13.3 Å². The van der Waals surface area contributed by atoms with Crippen LogP contribution >= 0.6 is 11.6 Å². The molecule has 0 radical (unpaired) electrons. The summed E-state index contributed by atoms with van der Waals surface area (Å²) in [4.78, 5) is 0. The number of rotatable bonds is 9. The molecule has 0 saturated carbocycles. The van der Waals surface area contributed by atoms with E-state index in [0.717, 1.165) is 12.8 Å². The minimum Gasteiger partial charge on any atom is -0.373 e. The molecule has 5 heteroatoms. The minimum absolute atomic E-state index is 0.137. The lowest BCUT2D eigenvalue weighted by Crippen LogP contribution is -2.54. The zero-order valence-corrected chi connectivity index (χ0v) is 12.0. The van der Waals surface area contributed by atoms with Crippen LogP contribution in [0.1, 0.15) is 40.5 Å². The van der Waals surface area contributed by atoms with Crippen molar-refractivity contribution in [1.82, 2.24) is 0 Å². The van der Waals surface area contributed by atoms with Gasteiger partial charge in [-0.15, -0.1) is 11.6 Å². The van der Waals surface area contributed by atoms with Gasteiger partial charge in [-0.3, -0.25) is 0 Å². The monoisotopic (exact) mass is 254 g/mol. The van der Waals surface area contributed by atoms with Crippen LogP contribution in [0.4, 0.5) is 0 Å². The summed E-state index contributed by atoms with van der Waals surface area (Å²) in [5, 5.41) is -0.137. The lowest BCUT2D eigenvalue weighted by atomic mass is 10.4. The molecule has 0 aromatic heterocycles. The average molecular weight is 255 g/mol. The first kappa shape index (κ1) is 15.4. The van der Waals surface area contributed by atoms with Crippen molar-refractivity contribution in [3.8, 4) is 0 Å². The van der Waals surface area contributed by atoms with Gasteiger partial charge >= 0.3 is 8.80 Å². The quantitative estimate of drug-likeness (QED) is 0.468. The molecule has 0 bridgehead atoms. The lowest BCUT2D eigenvalue weighted by Gasteiger charge is -2.31. The van der Waals surface area contributed by atoms with E-state index in [1.54, 1.807) is 0 Å². The van der Waals surface area contributed by atoms with Gasteiger partial charge < -0.3 is 13.3 Å². The highest BCUT2D eigenvalue weighted by molar-refractivity contribution is 6.71. The van der Waals surface area contributed by atoms with Crippen LogP contribution in [0.15, 0.2) is 0 Å². The largest absolute Gasteiger partial charge is 0.519 e. The molecule has 0 spiro atoms. The summed E-state index contributed by atoms with van der Waals surface area (Å²) in [5.41, 5.74) is 0. The van der Waals surface area contributed by atoms with Crippen LogP contribution < -0.4 is 0 Å². The summed E-state index contributed by atoms with van der Waals surface area (Å²) in [5.74, 6) is 0. The zero-order chi connectivity index (χ0) is 11.7. The molecule has 0 fully saturated rings. The summed E-state index contributed by atoms with van der Waals surface area (Å²) < 4.78 is 17.1. The maximum atomic E-state index is 6.33. The smallest absolute Gasteiger partial charge is 0.373 e. The maximum absolute atomic E-state index is 6.33. The molecular formula is C10H23ClO3Si. The molecular weight excluding hydrogens is 232 g/mol. The summed E-state index contributed by atoms with van der Waals surface area (Å²) in [6.45, 7) is 9.66. The van der Waals surface area contributed by atoms with Gasteiger partial charge in [0.15, 0.2) is 0 Å². The van der Waals surface area contributed by atoms with E-state index in [9.17, 15) is 0 Å². The Labute approximate surface area is 99.4 Å². The van der Waals surface area contributed by atoms with Crippen LogP contribution in [0.3, 0.4) is 0 Å². The molecule has 0 saturated heterocycles. The van der Waals surface area contributed by atoms with Crippen molar-refractivity contribution in [2.24, 2.45) is 0 Å². The van der Waals surface area contributed by atoms with Crippen molar-refractivity contribution in [3.63, 3.8) is 0 Å². The van der Waals surface area contributed by atoms with Crippen LogP contribution in [0.25, 0.3) is 0 Å². The Kier molecular flexibility index (Phi) is 8.75. The fourth-order valence-electron chi connectivity index (χ4n) is 1.43. The van der Waals surface area contributed by atoms with E-state index in [4.69, 9.17) is 24.9 Å². The Bertz CT molecular complexity index is 141. The lowest BCUT2D eigenvalue weighted by molar-refractivity contribution is 0.0681. The van der Waals surface area contributed by atoms with E-state index < -0.39 is 8.80 Å². The molecule has 3 nitrogen and oxygen atoms in total. The first-order valence-corrected chi connectivity index (χ1v) is 7.96. The Morgan fingerprint density at radius 2 is 1.33 bits per heavy atom. The minimum atomic E-state index is -2.65. The van der Waals surface area contributed by atoms with E-state index in [-0.39, 0.29) is 5.00 Å². The normalized spacial score (nSPS) is 14.2. The second-order valence-corrected chi connectivity index (χ2v) is 6.82. The molecule has 15 heavy (non-hydrogen) atoms. The van der Waals surface area contributed by atoms with Crippen molar-refractivity contribution in [1.29, 1.82) is 0 Å². The topological polar surface area (TPSA) is 27.7 Å². The molecule has 0 aliphatic carbocycles. The van der Waals surface area contributed by atoms with Gasteiger partial charge in [-0.1, -0.05) is 13.3 Å². The van der Waals surface area contributed by atoms with E-state index in [1.807, 2.05) is 20.8 Å². The van der Waals surface area contributed by atoms with Crippen LogP contribution in [0.5, 0.6) is 0 Å². The van der Waals surface area contributed by atoms with E-state index in [1.165, 1.54) is 0 Å². The highest BCUT2D eigenvalue weighted by Crippen LogP contribution is 2.23. The molecule has 0 N–H and O–H groups in total. The SMILES string of the molecule is CCCC(Cl)[Si](OCC)(OCC)OCC. The molecule has 0 aromatic carbocycles. The van der Waals surface area contributed by atoms with Gasteiger partial charge in [0.05, 0.1) is 0 Å². The molecule has 0 rings (SSSR count). The number of hydrogen-bond acceptors (Lipinski definition) is 3. The van der Waals surface area contributed by atoms with Crippen LogP contribution in [0, 0.1) is 0 Å². The highest BCUT2D eigenvalue weighted by Gasteiger charge is 2.47. The third-order valence-corrected chi connectivity index (χ3v) is 6.11. The fourth-order valence-corrected chi connectivity index (χ4v) is 4.86. The predicted octanol–water partition coefficient (Wildman–Crippen LogP) is 2.98. The summed E-state index contributed by atoms with van der Waals surface area (Å²) >= 11 is 6.33. The van der Waals surface area contributed by atoms with Gasteiger partial charge in [-0.25, -0.2) is 0 Å². The Morgan fingerprint density at radius 3 is 1.60 bits per heavy atom. The number of halogens is 1. The molecule has 0 heterocycles. The molecule has 0 aromatic rings. The second kappa shape index (κ2) is 8.53. The fraction of sp³-hybridized carbons (Fsp3) is 1.00. The molecule has 1 unspecified atom stereocenters. The van der Waals surface area contributed by atoms with E-state index in [2.05, 4.69) is 6.92 Å². The van der Waals surface area contributed by atoms with Gasteiger partial charge in [0.25, 0.3) is 0 Å². The van der Waals surface area contributed by atoms with Crippen molar-refractivity contribution >= 4 is 20.4 Å². The van der Waals surface area contributed by atoms with Crippen LogP contribution in [-0.4, -0.2) is 33.6 Å². The standard InChI is InChI=1S/C10H23ClO3Si/c1-5-9-10(11)15(12-6-2,13-7-3)14-8-4/h10H,5-9H2,1-4H3. The number of hydrogen-bond donors (Lipinski definition) is 0. The molecule has 0 aliphatic heterocycles. The van der Waals surface area contributed by atoms with Crippen LogP contribution in [0.2, 0.25) is 0 Å². The molecule has 92 valence electrons. The van der Waals surface area contributed by atoms with Crippen molar-refractivity contribution in [2.45, 2.75) is 45.5 Å². The third-order valence-electron chi connectivity index (χ3n) is 1.96. The average Bonchev–Trinajstić information content (AvgIpc) is 2.19. The molecule has 1 atom stereocenters. The zero-order valence-electron chi connectivity index (χ0n) is 10.2. The predicted molar refractivity (Wildman–Crippen MR) is 65.2 cm³/mol. The van der Waals surface area contributed by atoms with Crippen molar-refractivity contribution < 1.29 is 13.3 Å². The second-order valence-electron chi connectivity index (χ2n) is 3.16. The Morgan fingerprint density at radius 1 is 0.933 bits per heavy atom. The van der Waals surface area contributed by atoms with Gasteiger partial charge in [0, 0.05) is 19.8 Å². The Balaban J connectivity index is 4.57. The van der Waals surface area contributed by atoms with Gasteiger partial charge in [-0.05, 0) is 27.2 Å². The van der Waals surface area contributed by atoms with E-state index >= 15 is 0 Å². The summed E-state index contributed by atoms with van der Waals surface area (Å²) in [6.07, 6.45) is 1.88. The summed E-state index contributed by atoms with van der Waals surface area (Å²) in [6, 6.07) is 0. The van der Waals surface area contributed by atoms with Gasteiger partial charge in [-0.2, -0.15) is 0 Å². The maximum Gasteiger partial charge on any atom is 0.519 e. The van der Waals surface area contributed by atoms with Crippen molar-refractivity contribution in [2.75, 3.05) is 19.8 Å². The third kappa shape index (κ3) is 4.83. The molecule has 0 aliphatic rings. The van der Waals surface area contributed by atoms with E-state index in [0.29, 0.717) is 19.8 Å². The first-order valence-electron chi connectivity index (χ1n) is 5.72. The first-order chi connectivity index (χ1) is 7.16. The van der Waals surface area contributed by atoms with Gasteiger partial charge in [0.1, 0.15) is 5.00 Å². The van der Waals surface area contributed by atoms with Crippen molar-refractivity contribution in [3.05, 3.63) is 0 Å². The number of alkyl halides is 1. The van der Waals surface area contributed by atoms with Gasteiger partial charge in [0.2, 0.25) is 0 Å². The highest BCUT2D eigenvalue weighted by atomic mass is 35.5. The summed E-state index contributed by atoms with van der Waals surface area (Å²) in [7, 11) is -2.65. The Hall–Kier alpha value is 0.387. The molecule has 0 amide bonds.